The summed E-state index contributed by atoms with van der Waals surface area (Å²) in [6.45, 7) is 3.17. The fourth-order valence-electron chi connectivity index (χ4n) is 3.56. The summed E-state index contributed by atoms with van der Waals surface area (Å²) in [5.74, 6) is 0.336. The minimum absolute atomic E-state index is 0.0835. The van der Waals surface area contributed by atoms with Gasteiger partial charge in [0.15, 0.2) is 5.65 Å². The van der Waals surface area contributed by atoms with Crippen molar-refractivity contribution < 1.29 is 4.79 Å². The van der Waals surface area contributed by atoms with Crippen LogP contribution < -0.4 is 5.56 Å². The van der Waals surface area contributed by atoms with Crippen LogP contribution in [0.3, 0.4) is 0 Å². The molecule has 6 nitrogen and oxygen atoms in total. The quantitative estimate of drug-likeness (QED) is 0.770. The molecule has 7 heteroatoms. The van der Waals surface area contributed by atoms with E-state index in [2.05, 4.69) is 10.1 Å². The zero-order chi connectivity index (χ0) is 18.3. The van der Waals surface area contributed by atoms with Gasteiger partial charge in [-0.25, -0.2) is 9.50 Å². The van der Waals surface area contributed by atoms with Crippen LogP contribution >= 0.6 is 11.6 Å². The molecule has 1 aliphatic heterocycles. The Morgan fingerprint density at radius 1 is 1.35 bits per heavy atom. The number of halogens is 1. The summed E-state index contributed by atoms with van der Waals surface area (Å²) >= 11 is 5.93. The summed E-state index contributed by atoms with van der Waals surface area (Å²) in [5, 5.41) is 3.56. The number of aromatic nitrogens is 3. The van der Waals surface area contributed by atoms with Gasteiger partial charge in [0, 0.05) is 36.1 Å². The van der Waals surface area contributed by atoms with E-state index in [1.54, 1.807) is 13.1 Å². The van der Waals surface area contributed by atoms with Gasteiger partial charge in [-0.3, -0.25) is 14.7 Å². The van der Waals surface area contributed by atoms with E-state index in [0.717, 1.165) is 17.9 Å². The lowest BCUT2D eigenvalue weighted by molar-refractivity contribution is 0.0789. The smallest absolute Gasteiger partial charge is 0.272 e. The number of amides is 1. The Bertz CT molecular complexity index is 1020. The second-order valence-electron chi connectivity index (χ2n) is 6.82. The Hall–Kier alpha value is -2.60. The van der Waals surface area contributed by atoms with Crippen LogP contribution in [0.5, 0.6) is 0 Å². The molecule has 3 heterocycles. The van der Waals surface area contributed by atoms with E-state index in [1.807, 2.05) is 29.2 Å². The van der Waals surface area contributed by atoms with E-state index in [-0.39, 0.29) is 11.5 Å². The summed E-state index contributed by atoms with van der Waals surface area (Å²) < 4.78 is 1.31. The monoisotopic (exact) mass is 370 g/mol. The number of hydrogen-bond donors (Lipinski definition) is 1. The van der Waals surface area contributed by atoms with Crippen LogP contribution in [0.25, 0.3) is 5.65 Å². The Balaban J connectivity index is 1.51. The molecule has 0 radical (unpaired) electrons. The number of aryl methyl sites for hydroxylation is 1. The standard InChI is InChI=1S/C19H19ClN4O2/c1-12-8-17(25)24-18(22-12)16(10-21-24)19(26)23-7-6-14(11-23)9-13-2-4-15(20)5-3-13/h2-5,8,10,14,21H,6-7,9,11H2,1H3. The summed E-state index contributed by atoms with van der Waals surface area (Å²) in [7, 11) is 0. The maximum atomic E-state index is 12.9. The molecule has 1 aromatic carbocycles. The largest absolute Gasteiger partial charge is 0.338 e. The molecule has 1 atom stereocenters. The predicted octanol–water partition coefficient (Wildman–Crippen LogP) is 2.69. The summed E-state index contributed by atoms with van der Waals surface area (Å²) in [4.78, 5) is 31.1. The zero-order valence-electron chi connectivity index (χ0n) is 14.4. The van der Waals surface area contributed by atoms with Crippen LogP contribution in [0.1, 0.15) is 28.0 Å². The summed E-state index contributed by atoms with van der Waals surface area (Å²) in [5.41, 5.74) is 2.45. The minimum Gasteiger partial charge on any atom is -0.338 e. The predicted molar refractivity (Wildman–Crippen MR) is 99.7 cm³/mol. The maximum Gasteiger partial charge on any atom is 0.272 e. The molecular weight excluding hydrogens is 352 g/mol. The van der Waals surface area contributed by atoms with Crippen molar-refractivity contribution in [1.29, 1.82) is 0 Å². The average Bonchev–Trinajstić information content (AvgIpc) is 3.23. The molecule has 0 saturated carbocycles. The fraction of sp³-hybridized carbons (Fsp3) is 0.316. The molecular formula is C19H19ClN4O2. The van der Waals surface area contributed by atoms with Crippen molar-refractivity contribution in [3.05, 3.63) is 68.7 Å². The molecule has 1 amide bonds. The van der Waals surface area contributed by atoms with Crippen molar-refractivity contribution in [2.45, 2.75) is 19.8 Å². The first-order valence-corrected chi connectivity index (χ1v) is 9.00. The summed E-state index contributed by atoms with van der Waals surface area (Å²) in [6, 6.07) is 9.30. The van der Waals surface area contributed by atoms with E-state index in [0.29, 0.717) is 35.9 Å². The lowest BCUT2D eigenvalue weighted by atomic mass is 9.99. The number of likely N-dealkylation sites (tertiary alicyclic amines) is 1. The highest BCUT2D eigenvalue weighted by molar-refractivity contribution is 6.30. The normalized spacial score (nSPS) is 17.2. The van der Waals surface area contributed by atoms with Gasteiger partial charge in [-0.15, -0.1) is 0 Å². The van der Waals surface area contributed by atoms with Crippen LogP contribution in [0.2, 0.25) is 5.02 Å². The third-order valence-electron chi connectivity index (χ3n) is 4.87. The van der Waals surface area contributed by atoms with Crippen molar-refractivity contribution in [2.24, 2.45) is 5.92 Å². The number of carbonyl (C=O) groups excluding carboxylic acids is 1. The number of hydrogen-bond acceptors (Lipinski definition) is 3. The lowest BCUT2D eigenvalue weighted by Gasteiger charge is -2.16. The van der Waals surface area contributed by atoms with Gasteiger partial charge in [0.25, 0.3) is 11.5 Å². The van der Waals surface area contributed by atoms with Gasteiger partial charge in [-0.05, 0) is 43.4 Å². The van der Waals surface area contributed by atoms with Crippen molar-refractivity contribution in [2.75, 3.05) is 13.1 Å². The van der Waals surface area contributed by atoms with Gasteiger partial charge in [0.1, 0.15) is 5.56 Å². The molecule has 0 aliphatic carbocycles. The molecule has 4 rings (SSSR count). The van der Waals surface area contributed by atoms with Gasteiger partial charge in [-0.1, -0.05) is 23.7 Å². The second kappa shape index (κ2) is 6.61. The van der Waals surface area contributed by atoms with Gasteiger partial charge < -0.3 is 4.90 Å². The Morgan fingerprint density at radius 3 is 2.88 bits per heavy atom. The molecule has 1 saturated heterocycles. The van der Waals surface area contributed by atoms with Crippen molar-refractivity contribution in [3.63, 3.8) is 0 Å². The molecule has 0 spiro atoms. The maximum absolute atomic E-state index is 12.9. The van der Waals surface area contributed by atoms with Crippen LogP contribution in [0.4, 0.5) is 0 Å². The van der Waals surface area contributed by atoms with E-state index >= 15 is 0 Å². The van der Waals surface area contributed by atoms with E-state index in [1.165, 1.54) is 16.1 Å². The Kier molecular flexibility index (Phi) is 4.28. The number of nitrogens with one attached hydrogen (secondary N) is 1. The highest BCUT2D eigenvalue weighted by atomic mass is 35.5. The first kappa shape index (κ1) is 16.8. The SMILES string of the molecule is Cc1cc(=O)n2[nH]cc(C(=O)N3CCC(Cc4ccc(Cl)cc4)C3)c2n1. The highest BCUT2D eigenvalue weighted by Crippen LogP contribution is 2.24. The van der Waals surface area contributed by atoms with Crippen molar-refractivity contribution in [1.82, 2.24) is 19.5 Å². The molecule has 134 valence electrons. The fourth-order valence-corrected chi connectivity index (χ4v) is 3.69. The molecule has 2 aromatic heterocycles. The molecule has 26 heavy (non-hydrogen) atoms. The number of fused-ring (bicyclic) bond motifs is 1. The number of rotatable bonds is 3. The number of aromatic amines is 1. The van der Waals surface area contributed by atoms with Crippen LogP contribution in [0, 0.1) is 12.8 Å². The molecule has 1 aliphatic rings. The van der Waals surface area contributed by atoms with Gasteiger partial charge in [0.2, 0.25) is 0 Å². The number of nitrogens with zero attached hydrogens (tertiary/aromatic N) is 3. The zero-order valence-corrected chi connectivity index (χ0v) is 15.2. The number of H-pyrrole nitrogens is 1. The Labute approximate surface area is 155 Å². The highest BCUT2D eigenvalue weighted by Gasteiger charge is 2.29. The Morgan fingerprint density at radius 2 is 2.12 bits per heavy atom. The molecule has 1 N–H and O–H groups in total. The lowest BCUT2D eigenvalue weighted by Crippen LogP contribution is -2.29. The third-order valence-corrected chi connectivity index (χ3v) is 5.12. The van der Waals surface area contributed by atoms with E-state index in [4.69, 9.17) is 11.6 Å². The number of benzene rings is 1. The first-order valence-electron chi connectivity index (χ1n) is 8.63. The van der Waals surface area contributed by atoms with Gasteiger partial charge in [0.05, 0.1) is 0 Å². The number of carbonyl (C=O) groups is 1. The first-order chi connectivity index (χ1) is 12.5. The van der Waals surface area contributed by atoms with Gasteiger partial charge in [-0.2, -0.15) is 0 Å². The molecule has 3 aromatic rings. The second-order valence-corrected chi connectivity index (χ2v) is 7.25. The summed E-state index contributed by atoms with van der Waals surface area (Å²) in [6.07, 6.45) is 3.45. The van der Waals surface area contributed by atoms with E-state index < -0.39 is 0 Å². The van der Waals surface area contributed by atoms with Crippen LogP contribution in [-0.4, -0.2) is 38.5 Å². The average molecular weight is 371 g/mol. The third kappa shape index (κ3) is 3.12. The molecule has 0 bridgehead atoms. The minimum atomic E-state index is -0.214. The van der Waals surface area contributed by atoms with Gasteiger partial charge >= 0.3 is 0 Å². The van der Waals surface area contributed by atoms with Crippen LogP contribution in [-0.2, 0) is 6.42 Å². The van der Waals surface area contributed by atoms with Crippen molar-refractivity contribution in [3.8, 4) is 0 Å². The van der Waals surface area contributed by atoms with Crippen LogP contribution in [0.15, 0.2) is 41.3 Å². The van der Waals surface area contributed by atoms with E-state index in [9.17, 15) is 9.59 Å². The van der Waals surface area contributed by atoms with Crippen molar-refractivity contribution >= 4 is 23.2 Å². The molecule has 1 unspecified atom stereocenters. The molecule has 1 fully saturated rings. The topological polar surface area (TPSA) is 70.5 Å².